The van der Waals surface area contributed by atoms with E-state index in [1.54, 1.807) is 21.3 Å². The van der Waals surface area contributed by atoms with Crippen LogP contribution in [0.4, 0.5) is 5.69 Å². The second-order valence-electron chi connectivity index (χ2n) is 6.19. The Morgan fingerprint density at radius 3 is 2.27 bits per heavy atom. The molecule has 0 fully saturated rings. The first-order chi connectivity index (χ1) is 12.5. The molecule has 0 spiro atoms. The number of para-hydroxylation sites is 2. The lowest BCUT2D eigenvalue weighted by Crippen LogP contribution is -3.08. The zero-order valence-corrected chi connectivity index (χ0v) is 16.0. The van der Waals surface area contributed by atoms with Gasteiger partial charge in [-0.15, -0.1) is 0 Å². The van der Waals surface area contributed by atoms with E-state index in [0.29, 0.717) is 36.0 Å². The molecule has 2 aromatic rings. The van der Waals surface area contributed by atoms with Crippen LogP contribution in [0.25, 0.3) is 0 Å². The van der Waals surface area contributed by atoms with E-state index in [4.69, 9.17) is 14.2 Å². The summed E-state index contributed by atoms with van der Waals surface area (Å²) in [7, 11) is 6.81. The lowest BCUT2D eigenvalue weighted by Gasteiger charge is -2.17. The van der Waals surface area contributed by atoms with Crippen molar-refractivity contribution in [1.82, 2.24) is 0 Å². The van der Waals surface area contributed by atoms with Crippen molar-refractivity contribution < 1.29 is 23.9 Å². The van der Waals surface area contributed by atoms with Crippen molar-refractivity contribution in [3.8, 4) is 17.2 Å². The monoisotopic (exact) mass is 359 g/mol. The van der Waals surface area contributed by atoms with Crippen molar-refractivity contribution in [2.24, 2.45) is 0 Å². The van der Waals surface area contributed by atoms with Crippen molar-refractivity contribution >= 4 is 11.6 Å². The molecular weight excluding hydrogens is 332 g/mol. The van der Waals surface area contributed by atoms with Gasteiger partial charge in [-0.3, -0.25) is 4.79 Å². The summed E-state index contributed by atoms with van der Waals surface area (Å²) in [6.07, 6.45) is 0. The molecule has 6 heteroatoms. The van der Waals surface area contributed by atoms with Crippen molar-refractivity contribution in [3.63, 3.8) is 0 Å². The lowest BCUT2D eigenvalue weighted by molar-refractivity contribution is -0.885. The van der Waals surface area contributed by atoms with Crippen LogP contribution in [-0.4, -0.2) is 40.8 Å². The maximum absolute atomic E-state index is 12.4. The fraction of sp³-hybridized carbons (Fsp3) is 0.350. The summed E-state index contributed by atoms with van der Waals surface area (Å²) in [5.74, 6) is 1.99. The summed E-state index contributed by atoms with van der Waals surface area (Å²) in [6, 6.07) is 11.3. The van der Waals surface area contributed by atoms with Crippen molar-refractivity contribution in [1.29, 1.82) is 0 Å². The Kier molecular flexibility index (Phi) is 6.86. The summed E-state index contributed by atoms with van der Waals surface area (Å²) in [6.45, 7) is 3.07. The van der Waals surface area contributed by atoms with Crippen LogP contribution < -0.4 is 24.4 Å². The molecule has 0 aromatic heterocycles. The number of anilines is 1. The number of methoxy groups -OCH3 is 3. The predicted octanol–water partition coefficient (Wildman–Crippen LogP) is 1.67. The number of ether oxygens (including phenoxy) is 3. The number of hydrogen-bond donors (Lipinski definition) is 2. The van der Waals surface area contributed by atoms with Gasteiger partial charge in [0.05, 0.1) is 34.1 Å². The minimum atomic E-state index is -0.0647. The van der Waals surface area contributed by atoms with Gasteiger partial charge in [0.2, 0.25) is 0 Å². The highest BCUT2D eigenvalue weighted by Crippen LogP contribution is 2.29. The molecule has 26 heavy (non-hydrogen) atoms. The largest absolute Gasteiger partial charge is 0.495 e. The van der Waals surface area contributed by atoms with E-state index in [0.717, 1.165) is 16.0 Å². The number of hydrogen-bond acceptors (Lipinski definition) is 4. The van der Waals surface area contributed by atoms with Gasteiger partial charge in [-0.25, -0.2) is 0 Å². The van der Waals surface area contributed by atoms with Crippen LogP contribution in [0.15, 0.2) is 36.4 Å². The van der Waals surface area contributed by atoms with E-state index >= 15 is 0 Å². The Morgan fingerprint density at radius 2 is 1.62 bits per heavy atom. The molecule has 6 nitrogen and oxygen atoms in total. The number of rotatable bonds is 8. The summed E-state index contributed by atoms with van der Waals surface area (Å²) in [5.41, 5.74) is 2.90. The third-order valence-corrected chi connectivity index (χ3v) is 4.18. The summed E-state index contributed by atoms with van der Waals surface area (Å²) in [5, 5.41) is 2.90. The third-order valence-electron chi connectivity index (χ3n) is 4.18. The van der Waals surface area contributed by atoms with Crippen molar-refractivity contribution in [3.05, 3.63) is 47.5 Å². The molecule has 0 saturated carbocycles. The standard InChI is InChI=1S/C20H26N2O4/c1-14-10-18(25-4)19(26-5)11-15(14)12-22(2)13-20(23)21-16-8-6-7-9-17(16)24-3/h6-11H,12-13H2,1-5H3,(H,21,23)/p+1. The van der Waals surface area contributed by atoms with Gasteiger partial charge in [0.25, 0.3) is 5.91 Å². The number of quaternary nitrogens is 1. The van der Waals surface area contributed by atoms with E-state index < -0.39 is 0 Å². The Hall–Kier alpha value is -2.73. The molecule has 0 heterocycles. The topological polar surface area (TPSA) is 61.2 Å². The highest BCUT2D eigenvalue weighted by atomic mass is 16.5. The minimum Gasteiger partial charge on any atom is -0.495 e. The van der Waals surface area contributed by atoms with Gasteiger partial charge in [0, 0.05) is 5.56 Å². The van der Waals surface area contributed by atoms with Crippen LogP contribution in [-0.2, 0) is 11.3 Å². The molecular formula is C20H27N2O4+. The Morgan fingerprint density at radius 1 is 1.00 bits per heavy atom. The molecule has 0 aliphatic carbocycles. The summed E-state index contributed by atoms with van der Waals surface area (Å²) >= 11 is 0. The quantitative estimate of drug-likeness (QED) is 0.753. The van der Waals surface area contributed by atoms with Crippen LogP contribution in [0.1, 0.15) is 11.1 Å². The SMILES string of the molecule is COc1ccccc1NC(=O)C[NH+](C)Cc1cc(OC)c(OC)cc1C. The molecule has 0 saturated heterocycles. The molecule has 0 aliphatic heterocycles. The van der Waals surface area contributed by atoms with E-state index in [1.807, 2.05) is 50.4 Å². The average molecular weight is 359 g/mol. The number of benzene rings is 2. The molecule has 2 N–H and O–H groups in total. The molecule has 2 rings (SSSR count). The van der Waals surface area contributed by atoms with Gasteiger partial charge < -0.3 is 24.4 Å². The maximum atomic E-state index is 12.4. The first kappa shape index (κ1) is 19.6. The molecule has 0 radical (unpaired) electrons. The molecule has 2 aromatic carbocycles. The van der Waals surface area contributed by atoms with E-state index in [1.165, 1.54) is 0 Å². The Balaban J connectivity index is 2.02. The van der Waals surface area contributed by atoms with E-state index in [9.17, 15) is 4.79 Å². The van der Waals surface area contributed by atoms with E-state index in [-0.39, 0.29) is 5.91 Å². The van der Waals surface area contributed by atoms with Crippen LogP contribution in [0.5, 0.6) is 17.2 Å². The third kappa shape index (κ3) is 4.89. The van der Waals surface area contributed by atoms with Gasteiger partial charge in [-0.1, -0.05) is 12.1 Å². The van der Waals surface area contributed by atoms with Crippen LogP contribution in [0, 0.1) is 6.92 Å². The molecule has 1 atom stereocenters. The Bertz CT molecular complexity index is 761. The normalized spacial score (nSPS) is 11.6. The molecule has 0 aliphatic rings. The van der Waals surface area contributed by atoms with Gasteiger partial charge in [-0.05, 0) is 36.8 Å². The number of carbonyl (C=O) groups excluding carboxylic acids is 1. The van der Waals surface area contributed by atoms with Crippen LogP contribution in [0.3, 0.4) is 0 Å². The van der Waals surface area contributed by atoms with Crippen LogP contribution in [0.2, 0.25) is 0 Å². The fourth-order valence-electron chi connectivity index (χ4n) is 2.82. The zero-order chi connectivity index (χ0) is 19.1. The molecule has 140 valence electrons. The number of amides is 1. The average Bonchev–Trinajstić information content (AvgIpc) is 2.63. The molecule has 1 amide bonds. The first-order valence-corrected chi connectivity index (χ1v) is 8.44. The molecule has 0 bridgehead atoms. The van der Waals surface area contributed by atoms with Gasteiger partial charge >= 0.3 is 0 Å². The van der Waals surface area contributed by atoms with Crippen molar-refractivity contribution in [2.75, 3.05) is 40.2 Å². The minimum absolute atomic E-state index is 0.0647. The maximum Gasteiger partial charge on any atom is 0.279 e. The highest BCUT2D eigenvalue weighted by molar-refractivity contribution is 5.92. The predicted molar refractivity (Wildman–Crippen MR) is 101 cm³/mol. The number of likely N-dealkylation sites (N-methyl/N-ethyl adjacent to an activating group) is 1. The van der Waals surface area contributed by atoms with Gasteiger partial charge in [-0.2, -0.15) is 0 Å². The number of nitrogens with one attached hydrogen (secondary N) is 2. The summed E-state index contributed by atoms with van der Waals surface area (Å²) < 4.78 is 16.0. The lowest BCUT2D eigenvalue weighted by atomic mass is 10.1. The second kappa shape index (κ2) is 9.10. The van der Waals surface area contributed by atoms with Gasteiger partial charge in [0.1, 0.15) is 12.3 Å². The Labute approximate surface area is 154 Å². The van der Waals surface area contributed by atoms with Crippen LogP contribution >= 0.6 is 0 Å². The highest BCUT2D eigenvalue weighted by Gasteiger charge is 2.16. The fourth-order valence-corrected chi connectivity index (χ4v) is 2.82. The number of aryl methyl sites for hydroxylation is 1. The van der Waals surface area contributed by atoms with Gasteiger partial charge in [0.15, 0.2) is 18.0 Å². The second-order valence-corrected chi connectivity index (χ2v) is 6.19. The first-order valence-electron chi connectivity index (χ1n) is 8.44. The van der Waals surface area contributed by atoms with Crippen molar-refractivity contribution in [2.45, 2.75) is 13.5 Å². The van der Waals surface area contributed by atoms with E-state index in [2.05, 4.69) is 5.32 Å². The zero-order valence-electron chi connectivity index (χ0n) is 16.0. The number of carbonyl (C=O) groups is 1. The summed E-state index contributed by atoms with van der Waals surface area (Å²) in [4.78, 5) is 13.4. The molecule has 1 unspecified atom stereocenters. The smallest absolute Gasteiger partial charge is 0.279 e.